The molecule has 15 aromatic rings. The first-order valence-electron chi connectivity index (χ1n) is 25.8. The Morgan fingerprint density at radius 3 is 0.909 bits per heavy atom. The van der Waals surface area contributed by atoms with Gasteiger partial charge in [0.25, 0.3) is 0 Å². The Morgan fingerprint density at radius 1 is 0.208 bits per heavy atom. The fourth-order valence-corrected chi connectivity index (χ4v) is 12.5. The van der Waals surface area contributed by atoms with E-state index in [9.17, 15) is 0 Å². The van der Waals surface area contributed by atoms with Crippen molar-refractivity contribution in [3.8, 4) is 90.6 Å². The van der Waals surface area contributed by atoms with Crippen LogP contribution in [0.15, 0.2) is 255 Å². The zero-order chi connectivity index (χ0) is 50.8. The van der Waals surface area contributed by atoms with Gasteiger partial charge in [0.2, 0.25) is 0 Å². The third-order valence-corrected chi connectivity index (χ3v) is 15.9. The molecule has 0 bridgehead atoms. The lowest BCUT2D eigenvalue weighted by molar-refractivity contribution is 1.08. The van der Waals surface area contributed by atoms with E-state index in [1.54, 1.807) is 0 Å². The summed E-state index contributed by atoms with van der Waals surface area (Å²) in [5, 5.41) is 11.3. The van der Waals surface area contributed by atoms with Gasteiger partial charge in [0.05, 0.1) is 0 Å². The van der Waals surface area contributed by atoms with Crippen LogP contribution in [0.5, 0.6) is 0 Å². The smallest absolute Gasteiger partial charge is 0.165 e. The summed E-state index contributed by atoms with van der Waals surface area (Å²) < 4.78 is 2.45. The molecule has 3 heterocycles. The van der Waals surface area contributed by atoms with Crippen LogP contribution < -0.4 is 0 Å². The number of fused-ring (bicyclic) bond motifs is 7. The molecule has 77 heavy (non-hydrogen) atoms. The SMILES string of the molecule is c1ccc(-c2nc(-c3ccccc3)nc(-c3c4ccccc4c(-c4ccc5c(c4)sc4cccc(-c6c7ccccc7c(-c7nc(-c8ccccc8)nc(-c8ccccc8)n7)c7ccccc67)c45)c4ccccc34)n2)cc1. The van der Waals surface area contributed by atoms with E-state index in [1.807, 2.05) is 84.1 Å². The number of hydrogen-bond acceptors (Lipinski definition) is 7. The Morgan fingerprint density at radius 2 is 0.532 bits per heavy atom. The van der Waals surface area contributed by atoms with E-state index in [2.05, 4.69) is 182 Å². The molecule has 0 aliphatic carbocycles. The summed E-state index contributed by atoms with van der Waals surface area (Å²) in [6.07, 6.45) is 0. The standard InChI is InChI=1S/C70H42N6S/c1-5-22-43(23-6-1)65-71-66(44-24-7-2-8-25-44)74-69(73-65)63-52-34-17-13-30-48(52)60(49-31-14-18-35-53(49)63)47-40-41-56-59(42-47)77-58-39-21-38-57(62(56)58)61-50-32-15-19-36-54(50)64(55-37-20-16-33-51(55)61)70-75-67(45-26-9-3-10-27-45)72-68(76-70)46-28-11-4-12-29-46/h1-42H. The fourth-order valence-electron chi connectivity index (χ4n) is 11.4. The Hall–Kier alpha value is -10.1. The molecule has 0 atom stereocenters. The van der Waals surface area contributed by atoms with E-state index >= 15 is 0 Å². The van der Waals surface area contributed by atoms with Crippen molar-refractivity contribution in [1.82, 2.24) is 29.9 Å². The van der Waals surface area contributed by atoms with Crippen LogP contribution in [-0.2, 0) is 0 Å². The molecule has 0 radical (unpaired) electrons. The van der Waals surface area contributed by atoms with E-state index < -0.39 is 0 Å². The minimum atomic E-state index is 0.634. The third-order valence-electron chi connectivity index (χ3n) is 14.8. The molecule has 6 nitrogen and oxygen atoms in total. The highest BCUT2D eigenvalue weighted by atomic mass is 32.1. The Balaban J connectivity index is 0.922. The van der Waals surface area contributed by atoms with Gasteiger partial charge < -0.3 is 0 Å². The normalized spacial score (nSPS) is 11.6. The molecular formula is C70H42N6S. The van der Waals surface area contributed by atoms with Crippen LogP contribution in [0.1, 0.15) is 0 Å². The van der Waals surface area contributed by atoms with Gasteiger partial charge in [-0.2, -0.15) is 0 Å². The van der Waals surface area contributed by atoms with Gasteiger partial charge in [-0.3, -0.25) is 0 Å². The first-order chi connectivity index (χ1) is 38.2. The minimum absolute atomic E-state index is 0.634. The molecule has 0 N–H and O–H groups in total. The predicted octanol–water partition coefficient (Wildman–Crippen LogP) is 18.4. The van der Waals surface area contributed by atoms with Gasteiger partial charge in [-0.15, -0.1) is 11.3 Å². The maximum absolute atomic E-state index is 5.28. The van der Waals surface area contributed by atoms with Crippen molar-refractivity contribution < 1.29 is 0 Å². The lowest BCUT2D eigenvalue weighted by Gasteiger charge is -2.18. The molecule has 0 saturated carbocycles. The second kappa shape index (κ2) is 18.4. The largest absolute Gasteiger partial charge is 0.208 e. The van der Waals surface area contributed by atoms with Gasteiger partial charge in [-0.25, -0.2) is 29.9 Å². The van der Waals surface area contributed by atoms with Crippen molar-refractivity contribution in [2.75, 3.05) is 0 Å². The number of nitrogens with zero attached hydrogens (tertiary/aromatic N) is 6. The number of hydrogen-bond donors (Lipinski definition) is 0. The second-order valence-corrected chi connectivity index (χ2v) is 20.3. The molecule has 7 heteroatoms. The summed E-state index contributed by atoms with van der Waals surface area (Å²) in [7, 11) is 0. The number of aromatic nitrogens is 6. The van der Waals surface area contributed by atoms with E-state index in [4.69, 9.17) is 29.9 Å². The predicted molar refractivity (Wildman–Crippen MR) is 320 cm³/mol. The maximum Gasteiger partial charge on any atom is 0.165 e. The van der Waals surface area contributed by atoms with Crippen molar-refractivity contribution in [3.63, 3.8) is 0 Å². The molecule has 3 aromatic heterocycles. The zero-order valence-corrected chi connectivity index (χ0v) is 42.2. The van der Waals surface area contributed by atoms with Gasteiger partial charge >= 0.3 is 0 Å². The summed E-state index contributed by atoms with van der Waals surface area (Å²) in [5.41, 5.74) is 10.4. The highest BCUT2D eigenvalue weighted by Gasteiger charge is 2.25. The van der Waals surface area contributed by atoms with Crippen LogP contribution in [0.3, 0.4) is 0 Å². The summed E-state index contributed by atoms with van der Waals surface area (Å²) in [6, 6.07) is 89.5. The lowest BCUT2D eigenvalue weighted by atomic mass is 9.86. The number of rotatable bonds is 8. The van der Waals surface area contributed by atoms with E-state index in [0.717, 1.165) is 82.0 Å². The van der Waals surface area contributed by atoms with Gasteiger partial charge in [-0.1, -0.05) is 243 Å². The van der Waals surface area contributed by atoms with Gasteiger partial charge in [-0.05, 0) is 77.5 Å². The molecular weight excluding hydrogens is 957 g/mol. The van der Waals surface area contributed by atoms with Crippen molar-refractivity contribution >= 4 is 74.6 Å². The minimum Gasteiger partial charge on any atom is -0.208 e. The average Bonchev–Trinajstić information content (AvgIpc) is 4.13. The third kappa shape index (κ3) is 7.55. The van der Waals surface area contributed by atoms with E-state index in [0.29, 0.717) is 34.9 Å². The molecule has 15 rings (SSSR count). The second-order valence-electron chi connectivity index (χ2n) is 19.3. The van der Waals surface area contributed by atoms with Crippen molar-refractivity contribution in [3.05, 3.63) is 255 Å². The van der Waals surface area contributed by atoms with Crippen molar-refractivity contribution in [2.45, 2.75) is 0 Å². The highest BCUT2D eigenvalue weighted by molar-refractivity contribution is 7.26. The van der Waals surface area contributed by atoms with Crippen LogP contribution in [0.25, 0.3) is 154 Å². The van der Waals surface area contributed by atoms with E-state index in [1.165, 1.54) is 36.9 Å². The monoisotopic (exact) mass is 998 g/mol. The molecule has 0 fully saturated rings. The zero-order valence-electron chi connectivity index (χ0n) is 41.3. The van der Waals surface area contributed by atoms with Gasteiger partial charge in [0.15, 0.2) is 34.9 Å². The molecule has 0 aliphatic rings. The van der Waals surface area contributed by atoms with E-state index in [-0.39, 0.29) is 0 Å². The molecule has 0 saturated heterocycles. The van der Waals surface area contributed by atoms with Crippen molar-refractivity contribution in [1.29, 1.82) is 0 Å². The van der Waals surface area contributed by atoms with Crippen molar-refractivity contribution in [2.24, 2.45) is 0 Å². The Labute approximate surface area is 447 Å². The van der Waals surface area contributed by atoms with Gasteiger partial charge in [0.1, 0.15) is 0 Å². The first-order valence-corrected chi connectivity index (χ1v) is 26.6. The fraction of sp³-hybridized carbons (Fsp3) is 0. The number of benzene rings is 12. The topological polar surface area (TPSA) is 77.3 Å². The number of thiophene rings is 1. The summed E-state index contributed by atoms with van der Waals surface area (Å²) in [5.74, 6) is 3.81. The van der Waals surface area contributed by atoms with Crippen LogP contribution in [0, 0.1) is 0 Å². The summed E-state index contributed by atoms with van der Waals surface area (Å²) >= 11 is 1.85. The molecule has 358 valence electrons. The van der Waals surface area contributed by atoms with Crippen LogP contribution in [-0.4, -0.2) is 29.9 Å². The summed E-state index contributed by atoms with van der Waals surface area (Å²) in [6.45, 7) is 0. The summed E-state index contributed by atoms with van der Waals surface area (Å²) in [4.78, 5) is 31.2. The average molecular weight is 999 g/mol. The lowest BCUT2D eigenvalue weighted by Crippen LogP contribution is -2.01. The highest BCUT2D eigenvalue weighted by Crippen LogP contribution is 2.50. The Kier molecular flexibility index (Phi) is 10.6. The molecule has 12 aromatic carbocycles. The van der Waals surface area contributed by atoms with Crippen LogP contribution in [0.2, 0.25) is 0 Å². The maximum atomic E-state index is 5.28. The van der Waals surface area contributed by atoms with Crippen LogP contribution >= 0.6 is 11.3 Å². The van der Waals surface area contributed by atoms with Crippen LogP contribution in [0.4, 0.5) is 0 Å². The molecule has 0 aliphatic heterocycles. The van der Waals surface area contributed by atoms with Gasteiger partial charge in [0, 0.05) is 53.6 Å². The quantitative estimate of drug-likeness (QED) is 0.141. The first kappa shape index (κ1) is 44.4. The molecule has 0 amide bonds. The molecule has 0 spiro atoms. The Bertz CT molecular complexity index is 4560. The molecule has 0 unspecified atom stereocenters.